The number of hydrogen-bond donors (Lipinski definition) is 2. The lowest BCUT2D eigenvalue weighted by atomic mass is 9.87. The summed E-state index contributed by atoms with van der Waals surface area (Å²) < 4.78 is 0. The molecule has 0 fully saturated rings. The number of amides is 1. The van der Waals surface area contributed by atoms with Gasteiger partial charge in [0.05, 0.1) is 6.10 Å². The second kappa shape index (κ2) is 7.42. The Bertz CT molecular complexity index is 627. The summed E-state index contributed by atoms with van der Waals surface area (Å²) in [6, 6.07) is 17.6. The van der Waals surface area contributed by atoms with Crippen molar-refractivity contribution in [2.75, 3.05) is 6.54 Å². The van der Waals surface area contributed by atoms with Gasteiger partial charge in [-0.2, -0.15) is 0 Å². The van der Waals surface area contributed by atoms with Crippen LogP contribution in [0.5, 0.6) is 0 Å². The van der Waals surface area contributed by atoms with Crippen LogP contribution in [0, 0.1) is 5.41 Å². The van der Waals surface area contributed by atoms with Gasteiger partial charge in [-0.3, -0.25) is 4.79 Å². The molecule has 2 aromatic carbocycles. The molecule has 0 aliphatic heterocycles. The average molecular weight is 311 g/mol. The van der Waals surface area contributed by atoms with Gasteiger partial charge in [0.2, 0.25) is 0 Å². The van der Waals surface area contributed by atoms with Crippen molar-refractivity contribution in [3.05, 3.63) is 60.2 Å². The third-order valence-electron chi connectivity index (χ3n) is 3.96. The molecule has 2 N–H and O–H groups in total. The fourth-order valence-corrected chi connectivity index (χ4v) is 2.30. The van der Waals surface area contributed by atoms with Crippen LogP contribution in [0.15, 0.2) is 54.6 Å². The van der Waals surface area contributed by atoms with E-state index in [9.17, 15) is 9.90 Å². The molecule has 0 heterocycles. The Hall–Kier alpha value is -2.13. The first-order valence-electron chi connectivity index (χ1n) is 7.99. The molecule has 0 radical (unpaired) electrons. The number of aliphatic hydroxyl groups excluding tert-OH is 1. The highest BCUT2D eigenvalue weighted by atomic mass is 16.3. The fourth-order valence-electron chi connectivity index (χ4n) is 2.30. The smallest absolute Gasteiger partial charge is 0.251 e. The Kier molecular flexibility index (Phi) is 5.56. The molecule has 23 heavy (non-hydrogen) atoms. The van der Waals surface area contributed by atoms with E-state index in [2.05, 4.69) is 5.32 Å². The highest BCUT2D eigenvalue weighted by Gasteiger charge is 2.21. The number of hydrogen-bond acceptors (Lipinski definition) is 2. The topological polar surface area (TPSA) is 49.3 Å². The van der Waals surface area contributed by atoms with Gasteiger partial charge in [-0.25, -0.2) is 0 Å². The average Bonchev–Trinajstić information content (AvgIpc) is 2.54. The molecule has 1 unspecified atom stereocenters. The van der Waals surface area contributed by atoms with E-state index in [1.807, 2.05) is 75.4 Å². The summed E-state index contributed by atoms with van der Waals surface area (Å²) in [6.45, 7) is 6.43. The van der Waals surface area contributed by atoms with E-state index in [0.717, 1.165) is 11.1 Å². The molecule has 0 saturated carbocycles. The van der Waals surface area contributed by atoms with Gasteiger partial charge in [-0.1, -0.05) is 63.2 Å². The van der Waals surface area contributed by atoms with Gasteiger partial charge in [-0.05, 0) is 35.1 Å². The van der Waals surface area contributed by atoms with Gasteiger partial charge in [0.1, 0.15) is 0 Å². The summed E-state index contributed by atoms with van der Waals surface area (Å²) >= 11 is 0. The Labute approximate surface area is 138 Å². The number of benzene rings is 2. The quantitative estimate of drug-likeness (QED) is 0.880. The molecule has 0 saturated heterocycles. The maximum absolute atomic E-state index is 12.1. The van der Waals surface area contributed by atoms with Crippen molar-refractivity contribution in [3.63, 3.8) is 0 Å². The predicted molar refractivity (Wildman–Crippen MR) is 94.3 cm³/mol. The molecule has 0 spiro atoms. The lowest BCUT2D eigenvalue weighted by molar-refractivity contribution is 0.0551. The number of carbonyl (C=O) groups is 1. The van der Waals surface area contributed by atoms with Crippen molar-refractivity contribution in [3.8, 4) is 11.1 Å². The first kappa shape index (κ1) is 17.2. The van der Waals surface area contributed by atoms with Crippen LogP contribution in [0.2, 0.25) is 0 Å². The van der Waals surface area contributed by atoms with E-state index < -0.39 is 6.10 Å². The normalized spacial score (nSPS) is 12.7. The zero-order chi connectivity index (χ0) is 16.9. The molecule has 3 nitrogen and oxygen atoms in total. The van der Waals surface area contributed by atoms with E-state index in [1.54, 1.807) is 0 Å². The van der Waals surface area contributed by atoms with Gasteiger partial charge in [0.25, 0.3) is 5.91 Å². The minimum absolute atomic E-state index is 0.106. The van der Waals surface area contributed by atoms with Gasteiger partial charge in [-0.15, -0.1) is 0 Å². The van der Waals surface area contributed by atoms with Crippen LogP contribution in [-0.2, 0) is 0 Å². The van der Waals surface area contributed by atoms with Crippen LogP contribution in [-0.4, -0.2) is 23.7 Å². The highest BCUT2D eigenvalue weighted by Crippen LogP contribution is 2.21. The Balaban J connectivity index is 1.91. The molecular weight excluding hydrogens is 286 g/mol. The summed E-state index contributed by atoms with van der Waals surface area (Å²) in [5.41, 5.74) is 2.69. The molecule has 122 valence electrons. The van der Waals surface area contributed by atoms with Gasteiger partial charge < -0.3 is 10.4 Å². The molecule has 3 heteroatoms. The predicted octanol–water partition coefficient (Wildman–Crippen LogP) is 3.88. The summed E-state index contributed by atoms with van der Waals surface area (Å²) in [5.74, 6) is -0.106. The second-order valence-corrected chi connectivity index (χ2v) is 6.87. The van der Waals surface area contributed by atoms with E-state index in [1.165, 1.54) is 0 Å². The lowest BCUT2D eigenvalue weighted by Gasteiger charge is -2.25. The number of rotatable bonds is 5. The SMILES string of the molecule is CC(C)(C)C(O)CCNC(=O)c1ccc(-c2ccccc2)cc1. The van der Waals surface area contributed by atoms with Crippen LogP contribution in [0.3, 0.4) is 0 Å². The molecule has 0 aliphatic rings. The molecule has 0 aromatic heterocycles. The van der Waals surface area contributed by atoms with Crippen molar-refractivity contribution in [1.82, 2.24) is 5.32 Å². The van der Waals surface area contributed by atoms with Crippen LogP contribution in [0.1, 0.15) is 37.6 Å². The molecule has 0 aliphatic carbocycles. The number of aliphatic hydroxyl groups is 1. The van der Waals surface area contributed by atoms with E-state index in [-0.39, 0.29) is 11.3 Å². The van der Waals surface area contributed by atoms with Crippen LogP contribution < -0.4 is 5.32 Å². The van der Waals surface area contributed by atoms with Crippen LogP contribution in [0.4, 0.5) is 0 Å². The van der Waals surface area contributed by atoms with Crippen molar-refractivity contribution in [1.29, 1.82) is 0 Å². The van der Waals surface area contributed by atoms with Crippen molar-refractivity contribution in [2.45, 2.75) is 33.3 Å². The van der Waals surface area contributed by atoms with Crippen LogP contribution >= 0.6 is 0 Å². The largest absolute Gasteiger partial charge is 0.393 e. The first-order valence-corrected chi connectivity index (χ1v) is 7.99. The summed E-state index contributed by atoms with van der Waals surface area (Å²) in [4.78, 5) is 12.1. The zero-order valence-electron chi connectivity index (χ0n) is 14.0. The Morgan fingerprint density at radius 3 is 2.13 bits per heavy atom. The minimum atomic E-state index is -0.428. The standard InChI is InChI=1S/C20H25NO2/c1-20(2,3)18(22)13-14-21-19(23)17-11-9-16(10-12-17)15-7-5-4-6-8-15/h4-12,18,22H,13-14H2,1-3H3,(H,21,23). The minimum Gasteiger partial charge on any atom is -0.393 e. The first-order chi connectivity index (χ1) is 10.9. The summed E-state index contributed by atoms with van der Waals surface area (Å²) in [6.07, 6.45) is 0.125. The molecule has 2 aromatic rings. The zero-order valence-corrected chi connectivity index (χ0v) is 14.0. The fraction of sp³-hybridized carbons (Fsp3) is 0.350. The summed E-state index contributed by atoms with van der Waals surface area (Å²) in [7, 11) is 0. The number of carbonyl (C=O) groups excluding carboxylic acids is 1. The van der Waals surface area contributed by atoms with Gasteiger partial charge in [0.15, 0.2) is 0 Å². The summed E-state index contributed by atoms with van der Waals surface area (Å²) in [5, 5.41) is 12.8. The maximum Gasteiger partial charge on any atom is 0.251 e. The van der Waals surface area contributed by atoms with Crippen molar-refractivity contribution >= 4 is 5.91 Å². The maximum atomic E-state index is 12.1. The highest BCUT2D eigenvalue weighted by molar-refractivity contribution is 5.94. The third kappa shape index (κ3) is 4.93. The van der Waals surface area contributed by atoms with E-state index >= 15 is 0 Å². The molecule has 2 rings (SSSR count). The Morgan fingerprint density at radius 1 is 1.00 bits per heavy atom. The van der Waals surface area contributed by atoms with E-state index in [4.69, 9.17) is 0 Å². The molecule has 1 amide bonds. The second-order valence-electron chi connectivity index (χ2n) is 6.87. The number of nitrogens with one attached hydrogen (secondary N) is 1. The van der Waals surface area contributed by atoms with Gasteiger partial charge >= 0.3 is 0 Å². The van der Waals surface area contributed by atoms with Crippen molar-refractivity contribution < 1.29 is 9.90 Å². The van der Waals surface area contributed by atoms with Crippen molar-refractivity contribution in [2.24, 2.45) is 5.41 Å². The van der Waals surface area contributed by atoms with E-state index in [0.29, 0.717) is 18.5 Å². The molecule has 0 bridgehead atoms. The monoisotopic (exact) mass is 311 g/mol. The molecule has 1 atom stereocenters. The molecular formula is C20H25NO2. The lowest BCUT2D eigenvalue weighted by Crippen LogP contribution is -2.32. The Morgan fingerprint density at radius 2 is 1.57 bits per heavy atom. The van der Waals surface area contributed by atoms with Crippen LogP contribution in [0.25, 0.3) is 11.1 Å². The third-order valence-corrected chi connectivity index (χ3v) is 3.96. The van der Waals surface area contributed by atoms with Gasteiger partial charge in [0, 0.05) is 12.1 Å².